The second kappa shape index (κ2) is 5.37. The largest absolute Gasteiger partial charge is 0.339 e. The number of nitrogens with one attached hydrogen (secondary N) is 1. The summed E-state index contributed by atoms with van der Waals surface area (Å²) < 4.78 is 3.93. The van der Waals surface area contributed by atoms with Gasteiger partial charge in [-0.05, 0) is 69.3 Å². The van der Waals surface area contributed by atoms with E-state index in [-0.39, 0.29) is 5.91 Å². The van der Waals surface area contributed by atoms with Gasteiger partial charge in [0.2, 0.25) is 0 Å². The molecule has 1 N–H and O–H groups in total. The standard InChI is InChI=1S/C15H14Br2N2O/c1-9-3-2-4-12(14(9)17)18-15(20)13-7-10(16)8-19(13)11-5-6-11/h2-4,7-8,11H,5-6H2,1H3,(H,18,20). The van der Waals surface area contributed by atoms with Crippen molar-refractivity contribution in [3.05, 3.63) is 50.7 Å². The van der Waals surface area contributed by atoms with Crippen molar-refractivity contribution >= 4 is 43.5 Å². The molecule has 1 fully saturated rings. The first-order valence-electron chi connectivity index (χ1n) is 6.50. The first-order chi connectivity index (χ1) is 9.56. The van der Waals surface area contributed by atoms with E-state index in [0.717, 1.165) is 33.0 Å². The van der Waals surface area contributed by atoms with Gasteiger partial charge in [0.25, 0.3) is 5.91 Å². The van der Waals surface area contributed by atoms with Crippen molar-refractivity contribution in [1.29, 1.82) is 0 Å². The normalized spacial score (nSPS) is 14.3. The van der Waals surface area contributed by atoms with Gasteiger partial charge in [0.1, 0.15) is 5.69 Å². The van der Waals surface area contributed by atoms with Crippen molar-refractivity contribution in [2.24, 2.45) is 0 Å². The first-order valence-corrected chi connectivity index (χ1v) is 8.08. The summed E-state index contributed by atoms with van der Waals surface area (Å²) in [5, 5.41) is 2.98. The van der Waals surface area contributed by atoms with Gasteiger partial charge in [-0.15, -0.1) is 0 Å². The van der Waals surface area contributed by atoms with Crippen LogP contribution in [0.3, 0.4) is 0 Å². The summed E-state index contributed by atoms with van der Waals surface area (Å²) >= 11 is 6.96. The lowest BCUT2D eigenvalue weighted by molar-refractivity contribution is 0.101. The molecule has 20 heavy (non-hydrogen) atoms. The molecule has 5 heteroatoms. The van der Waals surface area contributed by atoms with Gasteiger partial charge >= 0.3 is 0 Å². The number of aryl methyl sites for hydroxylation is 1. The highest BCUT2D eigenvalue weighted by Crippen LogP contribution is 2.37. The zero-order valence-corrected chi connectivity index (χ0v) is 14.2. The molecule has 0 saturated heterocycles. The molecule has 1 aromatic carbocycles. The summed E-state index contributed by atoms with van der Waals surface area (Å²) in [6.07, 6.45) is 4.28. The second-order valence-electron chi connectivity index (χ2n) is 5.07. The van der Waals surface area contributed by atoms with E-state index in [9.17, 15) is 4.79 Å². The Balaban J connectivity index is 1.88. The highest BCUT2D eigenvalue weighted by Gasteiger charge is 2.27. The average molecular weight is 398 g/mol. The SMILES string of the molecule is Cc1cccc(NC(=O)c2cc(Br)cn2C2CC2)c1Br. The highest BCUT2D eigenvalue weighted by molar-refractivity contribution is 9.11. The fraction of sp³-hybridized carbons (Fsp3) is 0.267. The third-order valence-electron chi connectivity index (χ3n) is 3.43. The van der Waals surface area contributed by atoms with Crippen LogP contribution in [0.5, 0.6) is 0 Å². The maximum absolute atomic E-state index is 12.5. The van der Waals surface area contributed by atoms with Crippen molar-refractivity contribution < 1.29 is 4.79 Å². The molecule has 104 valence electrons. The van der Waals surface area contributed by atoms with Gasteiger partial charge in [-0.1, -0.05) is 12.1 Å². The van der Waals surface area contributed by atoms with E-state index in [1.165, 1.54) is 0 Å². The monoisotopic (exact) mass is 396 g/mol. The molecular weight excluding hydrogens is 384 g/mol. The summed E-state index contributed by atoms with van der Waals surface area (Å²) in [5.74, 6) is -0.0751. The van der Waals surface area contributed by atoms with Crippen LogP contribution in [0.2, 0.25) is 0 Å². The van der Waals surface area contributed by atoms with Gasteiger partial charge in [0.05, 0.1) is 5.69 Å². The minimum absolute atomic E-state index is 0.0751. The lowest BCUT2D eigenvalue weighted by Gasteiger charge is -2.11. The molecule has 1 amide bonds. The summed E-state index contributed by atoms with van der Waals surface area (Å²) in [7, 11) is 0. The van der Waals surface area contributed by atoms with Crippen molar-refractivity contribution in [3.8, 4) is 0 Å². The number of hydrogen-bond donors (Lipinski definition) is 1. The zero-order valence-electron chi connectivity index (χ0n) is 11.0. The molecule has 1 heterocycles. The highest BCUT2D eigenvalue weighted by atomic mass is 79.9. The fourth-order valence-corrected chi connectivity index (χ4v) is 3.01. The minimum Gasteiger partial charge on any atom is -0.339 e. The predicted molar refractivity (Wildman–Crippen MR) is 87.2 cm³/mol. The number of anilines is 1. The Morgan fingerprint density at radius 2 is 2.10 bits per heavy atom. The van der Waals surface area contributed by atoms with Crippen LogP contribution >= 0.6 is 31.9 Å². The smallest absolute Gasteiger partial charge is 0.272 e. The first kappa shape index (κ1) is 13.9. The fourth-order valence-electron chi connectivity index (χ4n) is 2.21. The van der Waals surface area contributed by atoms with Crippen LogP contribution in [0.1, 0.15) is 34.9 Å². The van der Waals surface area contributed by atoms with E-state index >= 15 is 0 Å². The number of rotatable bonds is 3. The Labute approximate surface area is 134 Å². The molecule has 3 rings (SSSR count). The van der Waals surface area contributed by atoms with Gasteiger partial charge < -0.3 is 9.88 Å². The molecule has 2 aromatic rings. The zero-order chi connectivity index (χ0) is 14.3. The molecule has 0 radical (unpaired) electrons. The van der Waals surface area contributed by atoms with Gasteiger partial charge in [-0.25, -0.2) is 0 Å². The summed E-state index contributed by atoms with van der Waals surface area (Å²) in [4.78, 5) is 12.5. The predicted octanol–water partition coefficient (Wildman–Crippen LogP) is 4.91. The summed E-state index contributed by atoms with van der Waals surface area (Å²) in [6, 6.07) is 8.18. The number of carbonyl (C=O) groups is 1. The number of benzene rings is 1. The number of halogens is 2. The van der Waals surface area contributed by atoms with Gasteiger partial charge in [-0.3, -0.25) is 4.79 Å². The van der Waals surface area contributed by atoms with E-state index in [4.69, 9.17) is 0 Å². The third-order valence-corrected chi connectivity index (χ3v) is 4.91. The van der Waals surface area contributed by atoms with Crippen molar-refractivity contribution in [1.82, 2.24) is 4.57 Å². The van der Waals surface area contributed by atoms with Crippen LogP contribution in [-0.2, 0) is 0 Å². The number of aromatic nitrogens is 1. The van der Waals surface area contributed by atoms with E-state index < -0.39 is 0 Å². The molecule has 1 aliphatic carbocycles. The maximum Gasteiger partial charge on any atom is 0.272 e. The molecule has 3 nitrogen and oxygen atoms in total. The van der Waals surface area contributed by atoms with Crippen LogP contribution < -0.4 is 5.32 Å². The quantitative estimate of drug-likeness (QED) is 0.784. The van der Waals surface area contributed by atoms with Crippen LogP contribution in [0, 0.1) is 6.92 Å². The number of nitrogens with zero attached hydrogens (tertiary/aromatic N) is 1. The molecule has 0 bridgehead atoms. The van der Waals surface area contributed by atoms with E-state index in [0.29, 0.717) is 11.7 Å². The lowest BCUT2D eigenvalue weighted by atomic mass is 10.2. The van der Waals surface area contributed by atoms with Crippen molar-refractivity contribution in [3.63, 3.8) is 0 Å². The number of amides is 1. The maximum atomic E-state index is 12.5. The number of hydrogen-bond acceptors (Lipinski definition) is 1. The van der Waals surface area contributed by atoms with Gasteiger partial charge in [0, 0.05) is 21.2 Å². The topological polar surface area (TPSA) is 34.0 Å². The van der Waals surface area contributed by atoms with Crippen LogP contribution in [0.15, 0.2) is 39.4 Å². The summed E-state index contributed by atoms with van der Waals surface area (Å²) in [5.41, 5.74) is 2.60. The molecule has 0 unspecified atom stereocenters. The van der Waals surface area contributed by atoms with E-state index in [1.807, 2.05) is 37.4 Å². The molecule has 1 saturated carbocycles. The van der Waals surface area contributed by atoms with Crippen LogP contribution in [0.4, 0.5) is 5.69 Å². The van der Waals surface area contributed by atoms with Crippen molar-refractivity contribution in [2.45, 2.75) is 25.8 Å². The molecule has 0 spiro atoms. The molecular formula is C15H14Br2N2O. The Kier molecular flexibility index (Phi) is 3.73. The van der Waals surface area contributed by atoms with Gasteiger partial charge in [0.15, 0.2) is 0 Å². The Morgan fingerprint density at radius 3 is 2.80 bits per heavy atom. The minimum atomic E-state index is -0.0751. The number of carbonyl (C=O) groups excluding carboxylic acids is 1. The van der Waals surface area contributed by atoms with E-state index in [1.54, 1.807) is 0 Å². The molecule has 0 aliphatic heterocycles. The average Bonchev–Trinajstić information content (AvgIpc) is 3.18. The van der Waals surface area contributed by atoms with Crippen molar-refractivity contribution in [2.75, 3.05) is 5.32 Å². The van der Waals surface area contributed by atoms with Crippen LogP contribution in [0.25, 0.3) is 0 Å². The third kappa shape index (κ3) is 2.69. The Morgan fingerprint density at radius 1 is 1.35 bits per heavy atom. The lowest BCUT2D eigenvalue weighted by Crippen LogP contribution is -2.16. The summed E-state index contributed by atoms with van der Waals surface area (Å²) in [6.45, 7) is 2.00. The molecule has 0 atom stereocenters. The van der Waals surface area contributed by atoms with E-state index in [2.05, 4.69) is 41.7 Å². The molecule has 1 aromatic heterocycles. The Hall–Kier alpha value is -1.07. The van der Waals surface area contributed by atoms with Crippen LogP contribution in [-0.4, -0.2) is 10.5 Å². The van der Waals surface area contributed by atoms with Gasteiger partial charge in [-0.2, -0.15) is 0 Å². The second-order valence-corrected chi connectivity index (χ2v) is 6.78. The Bertz CT molecular complexity index is 675. The molecule has 1 aliphatic rings.